The van der Waals surface area contributed by atoms with Gasteiger partial charge in [0.15, 0.2) is 11.0 Å². The highest BCUT2D eigenvalue weighted by molar-refractivity contribution is 7.99. The van der Waals surface area contributed by atoms with Crippen LogP contribution in [0.1, 0.15) is 6.42 Å². The number of carbonyl (C=O) groups excluding carboxylic acids is 1. The van der Waals surface area contributed by atoms with Gasteiger partial charge in [-0.2, -0.15) is 5.26 Å². The molecule has 3 rings (SSSR count). The summed E-state index contributed by atoms with van der Waals surface area (Å²) in [4.78, 5) is 14.5. The minimum Gasteiger partial charge on any atom is -0.495 e. The van der Waals surface area contributed by atoms with Crippen molar-refractivity contribution in [1.82, 2.24) is 14.8 Å². The highest BCUT2D eigenvalue weighted by Gasteiger charge is 2.20. The first-order valence-electron chi connectivity index (χ1n) is 9.03. The summed E-state index contributed by atoms with van der Waals surface area (Å²) in [5.41, 5.74) is 1.61. The maximum atomic E-state index is 13.0. The van der Waals surface area contributed by atoms with Crippen LogP contribution in [0.25, 0.3) is 11.4 Å². The summed E-state index contributed by atoms with van der Waals surface area (Å²) in [7, 11) is 3.44. The van der Waals surface area contributed by atoms with Crippen LogP contribution in [0.3, 0.4) is 0 Å². The number of thioether (sulfide) groups is 1. The Morgan fingerprint density at radius 2 is 1.90 bits per heavy atom. The second-order valence-corrected chi connectivity index (χ2v) is 7.09. The zero-order valence-corrected chi connectivity index (χ0v) is 17.1. The number of aromatic nitrogens is 3. The van der Waals surface area contributed by atoms with Crippen molar-refractivity contribution < 1.29 is 9.53 Å². The minimum atomic E-state index is -0.126. The Hall–Kier alpha value is -3.31. The molecule has 0 radical (unpaired) electrons. The number of para-hydroxylation sites is 2. The number of amides is 1. The number of nitriles is 1. The van der Waals surface area contributed by atoms with Gasteiger partial charge in [-0.05, 0) is 12.1 Å². The van der Waals surface area contributed by atoms with Crippen LogP contribution in [0.2, 0.25) is 0 Å². The van der Waals surface area contributed by atoms with Gasteiger partial charge in [0.25, 0.3) is 0 Å². The van der Waals surface area contributed by atoms with Gasteiger partial charge in [-0.1, -0.05) is 54.2 Å². The number of benzene rings is 2. The number of nitrogens with zero attached hydrogens (tertiary/aromatic N) is 5. The van der Waals surface area contributed by atoms with E-state index < -0.39 is 0 Å². The van der Waals surface area contributed by atoms with Crippen LogP contribution in [0, 0.1) is 11.3 Å². The largest absolute Gasteiger partial charge is 0.495 e. The molecule has 0 spiro atoms. The topological polar surface area (TPSA) is 84.0 Å². The van der Waals surface area contributed by atoms with Gasteiger partial charge in [-0.25, -0.2) is 0 Å². The summed E-state index contributed by atoms with van der Waals surface area (Å²) in [6, 6.07) is 19.2. The number of anilines is 1. The molecular weight excluding hydrogens is 386 g/mol. The van der Waals surface area contributed by atoms with Crippen molar-refractivity contribution in [2.45, 2.75) is 11.6 Å². The molecule has 0 saturated carbocycles. The Morgan fingerprint density at radius 3 is 2.62 bits per heavy atom. The second-order valence-electron chi connectivity index (χ2n) is 6.15. The molecule has 3 aromatic rings. The number of rotatable bonds is 8. The van der Waals surface area contributed by atoms with E-state index >= 15 is 0 Å². The molecular formula is C21H21N5O2S. The van der Waals surface area contributed by atoms with Crippen LogP contribution >= 0.6 is 11.8 Å². The van der Waals surface area contributed by atoms with Crippen molar-refractivity contribution in [2.75, 3.05) is 24.3 Å². The first-order chi connectivity index (χ1) is 14.2. The number of ether oxygens (including phenoxy) is 1. The van der Waals surface area contributed by atoms with Crippen molar-refractivity contribution in [2.24, 2.45) is 7.05 Å². The van der Waals surface area contributed by atoms with E-state index in [1.54, 1.807) is 18.1 Å². The number of carbonyl (C=O) groups is 1. The quantitative estimate of drug-likeness (QED) is 0.531. The van der Waals surface area contributed by atoms with Crippen molar-refractivity contribution in [3.63, 3.8) is 0 Å². The SMILES string of the molecule is COc1ccccc1N(CCC#N)C(=O)CSc1nnc(-c2ccccc2)n1C. The van der Waals surface area contributed by atoms with Gasteiger partial charge in [0.05, 0.1) is 31.0 Å². The lowest BCUT2D eigenvalue weighted by Gasteiger charge is -2.23. The average molecular weight is 407 g/mol. The Kier molecular flexibility index (Phi) is 6.87. The highest BCUT2D eigenvalue weighted by atomic mass is 32.2. The summed E-state index contributed by atoms with van der Waals surface area (Å²) in [5.74, 6) is 1.38. The third kappa shape index (κ3) is 4.76. The van der Waals surface area contributed by atoms with Crippen LogP contribution in [-0.4, -0.2) is 40.1 Å². The zero-order valence-electron chi connectivity index (χ0n) is 16.3. The van der Waals surface area contributed by atoms with Crippen molar-refractivity contribution in [3.8, 4) is 23.2 Å². The molecule has 0 N–H and O–H groups in total. The second kappa shape index (κ2) is 9.75. The Balaban J connectivity index is 1.76. The molecule has 8 heteroatoms. The van der Waals surface area contributed by atoms with Crippen molar-refractivity contribution in [3.05, 3.63) is 54.6 Å². The summed E-state index contributed by atoms with van der Waals surface area (Å²) < 4.78 is 7.25. The molecule has 0 bridgehead atoms. The third-order valence-electron chi connectivity index (χ3n) is 4.32. The molecule has 7 nitrogen and oxygen atoms in total. The molecule has 148 valence electrons. The van der Waals surface area contributed by atoms with Crippen LogP contribution < -0.4 is 9.64 Å². The summed E-state index contributed by atoms with van der Waals surface area (Å²) >= 11 is 1.31. The smallest absolute Gasteiger partial charge is 0.237 e. The van der Waals surface area contributed by atoms with E-state index in [1.165, 1.54) is 11.8 Å². The van der Waals surface area contributed by atoms with Gasteiger partial charge in [-0.3, -0.25) is 4.79 Å². The molecule has 2 aromatic carbocycles. The zero-order chi connectivity index (χ0) is 20.6. The first kappa shape index (κ1) is 20.4. The first-order valence-corrected chi connectivity index (χ1v) is 10.0. The molecule has 0 aliphatic rings. The van der Waals surface area contributed by atoms with E-state index in [4.69, 9.17) is 10.00 Å². The van der Waals surface area contributed by atoms with Crippen molar-refractivity contribution in [1.29, 1.82) is 5.26 Å². The van der Waals surface area contributed by atoms with Crippen LogP contribution in [-0.2, 0) is 11.8 Å². The molecule has 1 heterocycles. The lowest BCUT2D eigenvalue weighted by molar-refractivity contribution is -0.116. The summed E-state index contributed by atoms with van der Waals surface area (Å²) in [5, 5.41) is 18.1. The maximum Gasteiger partial charge on any atom is 0.237 e. The molecule has 1 aromatic heterocycles. The van der Waals surface area contributed by atoms with E-state index in [0.717, 1.165) is 11.4 Å². The fraction of sp³-hybridized carbons (Fsp3) is 0.238. The lowest BCUT2D eigenvalue weighted by Crippen LogP contribution is -2.33. The minimum absolute atomic E-state index is 0.126. The Labute approximate surface area is 173 Å². The monoisotopic (exact) mass is 407 g/mol. The summed E-state index contributed by atoms with van der Waals surface area (Å²) in [6.07, 6.45) is 0.233. The molecule has 0 fully saturated rings. The molecule has 0 atom stereocenters. The number of hydrogen-bond acceptors (Lipinski definition) is 6. The molecule has 0 saturated heterocycles. The predicted molar refractivity (Wildman–Crippen MR) is 113 cm³/mol. The number of methoxy groups -OCH3 is 1. The maximum absolute atomic E-state index is 13.0. The highest BCUT2D eigenvalue weighted by Crippen LogP contribution is 2.29. The normalized spacial score (nSPS) is 10.4. The van der Waals surface area contributed by atoms with Gasteiger partial charge < -0.3 is 14.2 Å². The van der Waals surface area contributed by atoms with Gasteiger partial charge in [0.2, 0.25) is 5.91 Å². The van der Waals surface area contributed by atoms with Crippen LogP contribution in [0.5, 0.6) is 5.75 Å². The van der Waals surface area contributed by atoms with E-state index in [1.807, 2.05) is 60.1 Å². The molecule has 0 unspecified atom stereocenters. The lowest BCUT2D eigenvalue weighted by atomic mass is 10.2. The standard InChI is InChI=1S/C21H21N5O2S/c1-25-20(16-9-4-3-5-10-16)23-24-21(25)29-15-19(27)26(14-8-13-22)17-11-6-7-12-18(17)28-2/h3-7,9-12H,8,14-15H2,1-2H3. The van der Waals surface area contributed by atoms with E-state index in [0.29, 0.717) is 23.1 Å². The van der Waals surface area contributed by atoms with Gasteiger partial charge in [0.1, 0.15) is 5.75 Å². The average Bonchev–Trinajstić information content (AvgIpc) is 3.13. The fourth-order valence-electron chi connectivity index (χ4n) is 2.88. The van der Waals surface area contributed by atoms with Gasteiger partial charge >= 0.3 is 0 Å². The van der Waals surface area contributed by atoms with Gasteiger partial charge in [-0.15, -0.1) is 10.2 Å². The molecule has 0 aliphatic carbocycles. The van der Waals surface area contributed by atoms with Crippen molar-refractivity contribution >= 4 is 23.4 Å². The Morgan fingerprint density at radius 1 is 1.17 bits per heavy atom. The van der Waals surface area contributed by atoms with E-state index in [9.17, 15) is 4.79 Å². The number of hydrogen-bond donors (Lipinski definition) is 0. The van der Waals surface area contributed by atoms with Crippen LogP contribution in [0.15, 0.2) is 59.8 Å². The fourth-order valence-corrected chi connectivity index (χ4v) is 3.66. The van der Waals surface area contributed by atoms with Gasteiger partial charge in [0, 0.05) is 19.2 Å². The molecule has 1 amide bonds. The Bertz CT molecular complexity index is 1010. The molecule has 0 aliphatic heterocycles. The van der Waals surface area contributed by atoms with E-state index in [-0.39, 0.29) is 18.1 Å². The molecule has 29 heavy (non-hydrogen) atoms. The van der Waals surface area contributed by atoms with Crippen LogP contribution in [0.4, 0.5) is 5.69 Å². The van der Waals surface area contributed by atoms with E-state index in [2.05, 4.69) is 16.3 Å². The summed E-state index contributed by atoms with van der Waals surface area (Å²) in [6.45, 7) is 0.296. The third-order valence-corrected chi connectivity index (χ3v) is 5.32. The predicted octanol–water partition coefficient (Wildman–Crippen LogP) is 3.53.